The Morgan fingerprint density at radius 1 is 1.60 bits per heavy atom. The Morgan fingerprint density at radius 3 is 2.60 bits per heavy atom. The number of nitrogens with one attached hydrogen (secondary N) is 1. The van der Waals surface area contributed by atoms with Crippen LogP contribution in [-0.2, 0) is 4.79 Å². The average Bonchev–Trinajstić information content (AvgIpc) is 1.88. The van der Waals surface area contributed by atoms with E-state index in [9.17, 15) is 4.79 Å². The van der Waals surface area contributed by atoms with Gasteiger partial charge in [0.1, 0.15) is 0 Å². The zero-order valence-electron chi connectivity index (χ0n) is 6.69. The summed E-state index contributed by atoms with van der Waals surface area (Å²) < 4.78 is 0. The second kappa shape index (κ2) is 4.87. The molecule has 0 rings (SSSR count). The molecule has 0 spiro atoms. The van der Waals surface area contributed by atoms with Crippen LogP contribution in [0.4, 0.5) is 0 Å². The van der Waals surface area contributed by atoms with Gasteiger partial charge in [0.05, 0.1) is 6.54 Å². The maximum Gasteiger partial charge on any atom is 0.223 e. The molecule has 0 saturated heterocycles. The van der Waals surface area contributed by atoms with E-state index >= 15 is 0 Å². The summed E-state index contributed by atoms with van der Waals surface area (Å²) in [6.45, 7) is 5.93. The first-order valence-electron chi connectivity index (χ1n) is 3.35. The van der Waals surface area contributed by atoms with Crippen LogP contribution in [0.25, 0.3) is 0 Å². The molecule has 0 aliphatic rings. The summed E-state index contributed by atoms with van der Waals surface area (Å²) in [5.41, 5.74) is 0. The Bertz CT molecular complexity index is 162. The molecule has 2 nitrogen and oxygen atoms in total. The third kappa shape index (κ3) is 3.96. The molecule has 0 fully saturated rings. The van der Waals surface area contributed by atoms with Gasteiger partial charge < -0.3 is 5.32 Å². The van der Waals surface area contributed by atoms with E-state index in [-0.39, 0.29) is 11.8 Å². The second-order valence-electron chi connectivity index (χ2n) is 2.30. The van der Waals surface area contributed by atoms with Crippen molar-refractivity contribution in [1.82, 2.24) is 5.32 Å². The van der Waals surface area contributed by atoms with E-state index in [1.807, 2.05) is 13.8 Å². The molecule has 0 aromatic heterocycles. The lowest BCUT2D eigenvalue weighted by Crippen LogP contribution is -2.27. The lowest BCUT2D eigenvalue weighted by molar-refractivity contribution is -0.123. The second-order valence-corrected chi connectivity index (χ2v) is 2.30. The van der Waals surface area contributed by atoms with E-state index in [2.05, 4.69) is 17.2 Å². The molecule has 10 heavy (non-hydrogen) atoms. The highest BCUT2D eigenvalue weighted by molar-refractivity contribution is 5.78. The highest BCUT2D eigenvalue weighted by atomic mass is 16.1. The Hall–Kier alpha value is -0.970. The quantitative estimate of drug-likeness (QED) is 0.563. The largest absolute Gasteiger partial charge is 0.345 e. The summed E-state index contributed by atoms with van der Waals surface area (Å²) in [5.74, 6) is 5.56. The number of carbonyl (C=O) groups excluding carboxylic acids is 1. The Labute approximate surface area is 62.0 Å². The zero-order chi connectivity index (χ0) is 7.98. The number of hydrogen-bond donors (Lipinski definition) is 1. The minimum atomic E-state index is 0.0543. The number of rotatable bonds is 2. The van der Waals surface area contributed by atoms with Gasteiger partial charge in [-0.2, -0.15) is 0 Å². The summed E-state index contributed by atoms with van der Waals surface area (Å²) >= 11 is 0. The molecule has 2 heteroatoms. The van der Waals surface area contributed by atoms with Crippen LogP contribution in [0.2, 0.25) is 0 Å². The summed E-state index contributed by atoms with van der Waals surface area (Å²) in [4.78, 5) is 10.8. The molecular weight excluding hydrogens is 126 g/mol. The number of hydrogen-bond acceptors (Lipinski definition) is 1. The summed E-state index contributed by atoms with van der Waals surface area (Å²) in [5, 5.41) is 2.67. The van der Waals surface area contributed by atoms with E-state index in [0.29, 0.717) is 6.54 Å². The van der Waals surface area contributed by atoms with Gasteiger partial charge >= 0.3 is 0 Å². The molecule has 0 aromatic rings. The molecule has 0 atom stereocenters. The zero-order valence-corrected chi connectivity index (χ0v) is 6.69. The van der Waals surface area contributed by atoms with Crippen LogP contribution in [0.15, 0.2) is 0 Å². The molecule has 0 radical (unpaired) electrons. The van der Waals surface area contributed by atoms with Crippen molar-refractivity contribution >= 4 is 5.91 Å². The van der Waals surface area contributed by atoms with Crippen LogP contribution in [0.5, 0.6) is 0 Å². The first kappa shape index (κ1) is 9.03. The summed E-state index contributed by atoms with van der Waals surface area (Å²) in [6, 6.07) is 0. The molecule has 0 aromatic carbocycles. The number of amides is 1. The molecule has 0 aliphatic heterocycles. The van der Waals surface area contributed by atoms with Gasteiger partial charge in [0.15, 0.2) is 0 Å². The van der Waals surface area contributed by atoms with Crippen molar-refractivity contribution in [2.75, 3.05) is 6.54 Å². The summed E-state index contributed by atoms with van der Waals surface area (Å²) in [6.07, 6.45) is 0. The van der Waals surface area contributed by atoms with Gasteiger partial charge in [-0.05, 0) is 6.92 Å². The molecule has 0 heterocycles. The molecule has 0 saturated carbocycles. The van der Waals surface area contributed by atoms with Gasteiger partial charge in [0.25, 0.3) is 0 Å². The normalized spacial score (nSPS) is 8.40. The van der Waals surface area contributed by atoms with Gasteiger partial charge in [-0.25, -0.2) is 0 Å². The van der Waals surface area contributed by atoms with Crippen LogP contribution < -0.4 is 5.32 Å². The monoisotopic (exact) mass is 139 g/mol. The molecule has 0 unspecified atom stereocenters. The Kier molecular flexibility index (Phi) is 4.39. The lowest BCUT2D eigenvalue weighted by atomic mass is 10.2. The lowest BCUT2D eigenvalue weighted by Gasteiger charge is -2.02. The summed E-state index contributed by atoms with van der Waals surface area (Å²) in [7, 11) is 0. The van der Waals surface area contributed by atoms with Crippen LogP contribution in [0.1, 0.15) is 20.8 Å². The Balaban J connectivity index is 3.47. The third-order valence-corrected chi connectivity index (χ3v) is 1.05. The number of carbonyl (C=O) groups is 1. The maximum atomic E-state index is 10.8. The van der Waals surface area contributed by atoms with Gasteiger partial charge in [-0.3, -0.25) is 4.79 Å². The fraction of sp³-hybridized carbons (Fsp3) is 0.625. The van der Waals surface area contributed by atoms with Crippen molar-refractivity contribution in [3.05, 3.63) is 0 Å². The van der Waals surface area contributed by atoms with Crippen LogP contribution in [0.3, 0.4) is 0 Å². The van der Waals surface area contributed by atoms with Crippen molar-refractivity contribution in [2.45, 2.75) is 20.8 Å². The van der Waals surface area contributed by atoms with Crippen molar-refractivity contribution in [1.29, 1.82) is 0 Å². The van der Waals surface area contributed by atoms with E-state index < -0.39 is 0 Å². The van der Waals surface area contributed by atoms with Crippen molar-refractivity contribution in [3.63, 3.8) is 0 Å². The standard InChI is InChI=1S/C8H13NO/c1-4-5-6-9-8(10)7(2)3/h7H,6H2,1-3H3,(H,9,10). The molecular formula is C8H13NO. The minimum absolute atomic E-state index is 0.0543. The average molecular weight is 139 g/mol. The van der Waals surface area contributed by atoms with Crippen LogP contribution in [-0.4, -0.2) is 12.5 Å². The van der Waals surface area contributed by atoms with E-state index in [4.69, 9.17) is 0 Å². The Morgan fingerprint density at radius 2 is 2.20 bits per heavy atom. The molecule has 56 valence electrons. The SMILES string of the molecule is CC#CCNC(=O)C(C)C. The molecule has 1 N–H and O–H groups in total. The third-order valence-electron chi connectivity index (χ3n) is 1.05. The predicted octanol–water partition coefficient (Wildman–Crippen LogP) is 0.782. The smallest absolute Gasteiger partial charge is 0.223 e. The van der Waals surface area contributed by atoms with Crippen LogP contribution in [0, 0.1) is 17.8 Å². The van der Waals surface area contributed by atoms with Gasteiger partial charge in [0.2, 0.25) is 5.91 Å². The topological polar surface area (TPSA) is 29.1 Å². The highest BCUT2D eigenvalue weighted by Gasteiger charge is 2.02. The van der Waals surface area contributed by atoms with Gasteiger partial charge in [0, 0.05) is 5.92 Å². The van der Waals surface area contributed by atoms with E-state index in [1.165, 1.54) is 0 Å². The first-order valence-corrected chi connectivity index (χ1v) is 3.35. The van der Waals surface area contributed by atoms with E-state index in [0.717, 1.165) is 0 Å². The van der Waals surface area contributed by atoms with Gasteiger partial charge in [-0.15, -0.1) is 5.92 Å². The first-order chi connectivity index (χ1) is 4.68. The fourth-order valence-corrected chi connectivity index (χ4v) is 0.424. The predicted molar refractivity (Wildman–Crippen MR) is 41.3 cm³/mol. The highest BCUT2D eigenvalue weighted by Crippen LogP contribution is 1.88. The minimum Gasteiger partial charge on any atom is -0.345 e. The maximum absolute atomic E-state index is 10.8. The van der Waals surface area contributed by atoms with Crippen LogP contribution >= 0.6 is 0 Å². The fourth-order valence-electron chi connectivity index (χ4n) is 0.424. The molecule has 1 amide bonds. The molecule has 0 bridgehead atoms. The van der Waals surface area contributed by atoms with Crippen molar-refractivity contribution in [3.8, 4) is 11.8 Å². The van der Waals surface area contributed by atoms with E-state index in [1.54, 1.807) is 6.92 Å². The molecule has 0 aliphatic carbocycles. The van der Waals surface area contributed by atoms with Crippen molar-refractivity contribution in [2.24, 2.45) is 5.92 Å². The van der Waals surface area contributed by atoms with Crippen molar-refractivity contribution < 1.29 is 4.79 Å². The van der Waals surface area contributed by atoms with Gasteiger partial charge in [-0.1, -0.05) is 19.8 Å².